The Balaban J connectivity index is 2.27. The van der Waals surface area contributed by atoms with Gasteiger partial charge in [0.25, 0.3) is 5.91 Å². The molecule has 0 aliphatic heterocycles. The molecule has 0 aliphatic carbocycles. The first-order valence-electron chi connectivity index (χ1n) is 5.71. The molecular formula is C14H12Cl2N2O2. The number of ether oxygens (including phenoxy) is 1. The second-order valence-corrected chi connectivity index (χ2v) is 4.88. The number of anilines is 2. The normalized spacial score (nSPS) is 10.2. The Bertz CT molecular complexity index is 660. The van der Waals surface area contributed by atoms with Crippen molar-refractivity contribution >= 4 is 40.5 Å². The predicted molar refractivity (Wildman–Crippen MR) is 81.8 cm³/mol. The maximum atomic E-state index is 12.2. The van der Waals surface area contributed by atoms with Crippen LogP contribution in [0.25, 0.3) is 0 Å². The first kappa shape index (κ1) is 14.5. The molecule has 0 aliphatic rings. The molecule has 0 atom stereocenters. The second kappa shape index (κ2) is 6.03. The van der Waals surface area contributed by atoms with Gasteiger partial charge in [0.2, 0.25) is 0 Å². The molecule has 0 spiro atoms. The van der Waals surface area contributed by atoms with Crippen LogP contribution < -0.4 is 15.8 Å². The highest BCUT2D eigenvalue weighted by Gasteiger charge is 2.13. The van der Waals surface area contributed by atoms with Crippen molar-refractivity contribution in [2.45, 2.75) is 0 Å². The molecule has 0 bridgehead atoms. The maximum absolute atomic E-state index is 12.2. The van der Waals surface area contributed by atoms with E-state index in [0.29, 0.717) is 32.7 Å². The zero-order chi connectivity index (χ0) is 14.7. The van der Waals surface area contributed by atoms with Crippen LogP contribution in [0.4, 0.5) is 11.4 Å². The Kier molecular flexibility index (Phi) is 4.37. The second-order valence-electron chi connectivity index (χ2n) is 4.04. The van der Waals surface area contributed by atoms with Crippen LogP contribution in [0, 0.1) is 0 Å². The first-order valence-corrected chi connectivity index (χ1v) is 6.47. The molecule has 4 nitrogen and oxygen atoms in total. The van der Waals surface area contributed by atoms with Crippen molar-refractivity contribution in [1.82, 2.24) is 0 Å². The summed E-state index contributed by atoms with van der Waals surface area (Å²) in [5, 5.41) is 3.54. The zero-order valence-electron chi connectivity index (χ0n) is 10.6. The molecule has 3 N–H and O–H groups in total. The number of amides is 1. The lowest BCUT2D eigenvalue weighted by Crippen LogP contribution is -2.13. The quantitative estimate of drug-likeness (QED) is 0.847. The van der Waals surface area contributed by atoms with Crippen molar-refractivity contribution < 1.29 is 9.53 Å². The van der Waals surface area contributed by atoms with Gasteiger partial charge in [-0.15, -0.1) is 0 Å². The Morgan fingerprint density at radius 3 is 2.60 bits per heavy atom. The lowest BCUT2D eigenvalue weighted by molar-refractivity contribution is 0.102. The van der Waals surface area contributed by atoms with Gasteiger partial charge in [0, 0.05) is 10.7 Å². The van der Waals surface area contributed by atoms with Crippen LogP contribution in [-0.4, -0.2) is 13.0 Å². The summed E-state index contributed by atoms with van der Waals surface area (Å²) in [6, 6.07) is 9.67. The molecule has 2 aromatic carbocycles. The summed E-state index contributed by atoms with van der Waals surface area (Å²) >= 11 is 11.8. The monoisotopic (exact) mass is 310 g/mol. The highest BCUT2D eigenvalue weighted by Crippen LogP contribution is 2.26. The van der Waals surface area contributed by atoms with Gasteiger partial charge in [0.15, 0.2) is 0 Å². The van der Waals surface area contributed by atoms with E-state index in [4.69, 9.17) is 33.7 Å². The summed E-state index contributed by atoms with van der Waals surface area (Å²) < 4.78 is 5.14. The van der Waals surface area contributed by atoms with E-state index in [-0.39, 0.29) is 5.91 Å². The van der Waals surface area contributed by atoms with Crippen molar-refractivity contribution in [3.8, 4) is 5.75 Å². The molecule has 6 heteroatoms. The summed E-state index contributed by atoms with van der Waals surface area (Å²) in [7, 11) is 1.49. The van der Waals surface area contributed by atoms with E-state index in [0.717, 1.165) is 0 Å². The molecular weight excluding hydrogens is 299 g/mol. The topological polar surface area (TPSA) is 64.3 Å². The molecule has 1 amide bonds. The van der Waals surface area contributed by atoms with E-state index in [2.05, 4.69) is 5.32 Å². The van der Waals surface area contributed by atoms with Crippen LogP contribution in [0.15, 0.2) is 36.4 Å². The van der Waals surface area contributed by atoms with Crippen LogP contribution in [-0.2, 0) is 0 Å². The van der Waals surface area contributed by atoms with E-state index >= 15 is 0 Å². The summed E-state index contributed by atoms with van der Waals surface area (Å²) in [5.41, 5.74) is 6.94. The van der Waals surface area contributed by atoms with Crippen molar-refractivity contribution in [2.75, 3.05) is 18.2 Å². The van der Waals surface area contributed by atoms with E-state index in [1.165, 1.54) is 13.2 Å². The minimum absolute atomic E-state index is 0.341. The molecule has 0 saturated carbocycles. The molecule has 0 radical (unpaired) electrons. The van der Waals surface area contributed by atoms with E-state index in [1.54, 1.807) is 30.3 Å². The van der Waals surface area contributed by atoms with Gasteiger partial charge in [0.1, 0.15) is 5.75 Å². The first-order chi connectivity index (χ1) is 9.51. The number of nitrogens with one attached hydrogen (secondary N) is 1. The van der Waals surface area contributed by atoms with E-state index in [1.807, 2.05) is 0 Å². The summed E-state index contributed by atoms with van der Waals surface area (Å²) in [4.78, 5) is 12.2. The fourth-order valence-corrected chi connectivity index (χ4v) is 2.01. The number of hydrogen-bond acceptors (Lipinski definition) is 3. The Morgan fingerprint density at radius 2 is 1.95 bits per heavy atom. The molecule has 0 unspecified atom stereocenters. The third-order valence-corrected chi connectivity index (χ3v) is 3.23. The fraction of sp³-hybridized carbons (Fsp3) is 0.0714. The molecule has 0 saturated heterocycles. The predicted octanol–water partition coefficient (Wildman–Crippen LogP) is 3.84. The SMILES string of the molecule is COc1ccc(Cl)cc1C(=O)Nc1ccc(N)c(Cl)c1. The van der Waals surface area contributed by atoms with Crippen LogP contribution in [0.5, 0.6) is 5.75 Å². The molecule has 2 aromatic rings. The largest absolute Gasteiger partial charge is 0.496 e. The van der Waals surface area contributed by atoms with Crippen molar-refractivity contribution in [3.05, 3.63) is 52.0 Å². The number of carbonyl (C=O) groups is 1. The average Bonchev–Trinajstić information content (AvgIpc) is 2.43. The van der Waals surface area contributed by atoms with Crippen molar-refractivity contribution in [1.29, 1.82) is 0 Å². The minimum atomic E-state index is -0.342. The number of benzene rings is 2. The van der Waals surface area contributed by atoms with Crippen LogP contribution in [0.3, 0.4) is 0 Å². The van der Waals surface area contributed by atoms with Gasteiger partial charge in [-0.05, 0) is 36.4 Å². The lowest BCUT2D eigenvalue weighted by atomic mass is 10.1. The Labute approximate surface area is 126 Å². The number of carbonyl (C=O) groups excluding carboxylic acids is 1. The molecule has 20 heavy (non-hydrogen) atoms. The number of halogens is 2. The highest BCUT2D eigenvalue weighted by atomic mass is 35.5. The van der Waals surface area contributed by atoms with Gasteiger partial charge < -0.3 is 15.8 Å². The molecule has 0 aromatic heterocycles. The average molecular weight is 311 g/mol. The van der Waals surface area contributed by atoms with E-state index < -0.39 is 0 Å². The van der Waals surface area contributed by atoms with Gasteiger partial charge in [-0.1, -0.05) is 23.2 Å². The van der Waals surface area contributed by atoms with Gasteiger partial charge in [-0.3, -0.25) is 4.79 Å². The van der Waals surface area contributed by atoms with Gasteiger partial charge in [-0.2, -0.15) is 0 Å². The van der Waals surface area contributed by atoms with E-state index in [9.17, 15) is 4.79 Å². The maximum Gasteiger partial charge on any atom is 0.259 e. The smallest absolute Gasteiger partial charge is 0.259 e. The summed E-state index contributed by atoms with van der Waals surface area (Å²) in [6.07, 6.45) is 0. The number of methoxy groups -OCH3 is 1. The Hall–Kier alpha value is -1.91. The van der Waals surface area contributed by atoms with Crippen LogP contribution >= 0.6 is 23.2 Å². The number of nitrogens with two attached hydrogens (primary N) is 1. The Morgan fingerprint density at radius 1 is 1.20 bits per heavy atom. The number of hydrogen-bond donors (Lipinski definition) is 2. The van der Waals surface area contributed by atoms with Gasteiger partial charge in [-0.25, -0.2) is 0 Å². The van der Waals surface area contributed by atoms with Gasteiger partial charge in [0.05, 0.1) is 23.4 Å². The number of nitrogen functional groups attached to an aromatic ring is 1. The molecule has 0 fully saturated rings. The standard InChI is InChI=1S/C14H12Cl2N2O2/c1-20-13-5-2-8(15)6-10(13)14(19)18-9-3-4-12(17)11(16)7-9/h2-7H,17H2,1H3,(H,18,19). The number of rotatable bonds is 3. The molecule has 0 heterocycles. The van der Waals surface area contributed by atoms with Crippen LogP contribution in [0.2, 0.25) is 10.0 Å². The molecule has 104 valence electrons. The molecule has 2 rings (SSSR count). The summed E-state index contributed by atoms with van der Waals surface area (Å²) in [6.45, 7) is 0. The lowest BCUT2D eigenvalue weighted by Gasteiger charge is -2.10. The highest BCUT2D eigenvalue weighted by molar-refractivity contribution is 6.33. The fourth-order valence-electron chi connectivity index (χ4n) is 1.66. The minimum Gasteiger partial charge on any atom is -0.496 e. The van der Waals surface area contributed by atoms with Crippen molar-refractivity contribution in [2.24, 2.45) is 0 Å². The third kappa shape index (κ3) is 3.15. The third-order valence-electron chi connectivity index (χ3n) is 2.66. The van der Waals surface area contributed by atoms with Gasteiger partial charge >= 0.3 is 0 Å². The van der Waals surface area contributed by atoms with Crippen molar-refractivity contribution in [3.63, 3.8) is 0 Å². The van der Waals surface area contributed by atoms with Crippen LogP contribution in [0.1, 0.15) is 10.4 Å². The zero-order valence-corrected chi connectivity index (χ0v) is 12.1. The summed E-state index contributed by atoms with van der Waals surface area (Å²) in [5.74, 6) is 0.0960.